The number of rotatable bonds is 3. The van der Waals surface area contributed by atoms with Crippen molar-refractivity contribution >= 4 is 22.4 Å². The van der Waals surface area contributed by atoms with Crippen LogP contribution in [0.5, 0.6) is 0 Å². The molecule has 8 heteroatoms. The van der Waals surface area contributed by atoms with Crippen LogP contribution in [-0.4, -0.2) is 50.1 Å². The van der Waals surface area contributed by atoms with Crippen LogP contribution < -0.4 is 5.32 Å². The number of aromatic nitrogens is 4. The predicted molar refractivity (Wildman–Crippen MR) is 92.6 cm³/mol. The molecule has 0 radical (unpaired) electrons. The van der Waals surface area contributed by atoms with Gasteiger partial charge < -0.3 is 14.8 Å². The van der Waals surface area contributed by atoms with Crippen LogP contribution in [0.2, 0.25) is 0 Å². The third-order valence-electron chi connectivity index (χ3n) is 5.09. The van der Waals surface area contributed by atoms with Gasteiger partial charge in [-0.05, 0) is 37.7 Å². The van der Waals surface area contributed by atoms with Gasteiger partial charge in [0.05, 0.1) is 11.3 Å². The smallest absolute Gasteiger partial charge is 0.258 e. The summed E-state index contributed by atoms with van der Waals surface area (Å²) in [5, 5.41) is 12.7. The first-order chi connectivity index (χ1) is 11.7. The Morgan fingerprint density at radius 1 is 1.25 bits per heavy atom. The highest BCUT2D eigenvalue weighted by Gasteiger charge is 2.31. The summed E-state index contributed by atoms with van der Waals surface area (Å²) in [5.41, 5.74) is 1.54. The molecule has 4 rings (SSSR count). The van der Waals surface area contributed by atoms with Gasteiger partial charge in [-0.1, -0.05) is 0 Å². The van der Waals surface area contributed by atoms with E-state index in [1.807, 2.05) is 18.9 Å². The van der Waals surface area contributed by atoms with Crippen LogP contribution in [0.15, 0.2) is 0 Å². The van der Waals surface area contributed by atoms with Gasteiger partial charge in [0.1, 0.15) is 16.6 Å². The molecule has 7 nitrogen and oxygen atoms in total. The third-order valence-corrected chi connectivity index (χ3v) is 6.05. The van der Waals surface area contributed by atoms with Crippen molar-refractivity contribution in [3.05, 3.63) is 22.9 Å². The summed E-state index contributed by atoms with van der Waals surface area (Å²) in [7, 11) is 1.84. The van der Waals surface area contributed by atoms with Gasteiger partial charge in [0.25, 0.3) is 5.91 Å². The number of piperidine rings is 1. The fourth-order valence-electron chi connectivity index (χ4n) is 3.77. The maximum atomic E-state index is 12.9. The predicted octanol–water partition coefficient (Wildman–Crippen LogP) is 2.05. The number of nitrogens with one attached hydrogen (secondary N) is 1. The van der Waals surface area contributed by atoms with Crippen molar-refractivity contribution in [3.8, 4) is 0 Å². The third kappa shape index (κ3) is 2.49. The second-order valence-corrected chi connectivity index (χ2v) is 7.29. The minimum atomic E-state index is 0.0931. The van der Waals surface area contributed by atoms with Gasteiger partial charge in [-0.15, -0.1) is 10.2 Å². The van der Waals surface area contributed by atoms with Crippen molar-refractivity contribution in [2.24, 2.45) is 0 Å². The molecule has 4 heterocycles. The molecule has 0 spiro atoms. The molecule has 1 N–H and O–H groups in total. The second-order valence-electron chi connectivity index (χ2n) is 6.52. The van der Waals surface area contributed by atoms with Crippen LogP contribution in [0.1, 0.15) is 52.9 Å². The van der Waals surface area contributed by atoms with Crippen LogP contribution in [0.4, 0.5) is 5.00 Å². The van der Waals surface area contributed by atoms with E-state index in [-0.39, 0.29) is 5.91 Å². The molecule has 2 aromatic heterocycles. The molecule has 24 heavy (non-hydrogen) atoms. The lowest BCUT2D eigenvalue weighted by molar-refractivity contribution is 0.0710. The molecule has 0 aliphatic carbocycles. The highest BCUT2D eigenvalue weighted by atomic mass is 32.1. The largest absolute Gasteiger partial charge is 0.378 e. The van der Waals surface area contributed by atoms with Gasteiger partial charge in [0.15, 0.2) is 0 Å². The van der Waals surface area contributed by atoms with E-state index in [0.29, 0.717) is 5.92 Å². The molecular weight excluding hydrogens is 324 g/mol. The Balaban J connectivity index is 1.46. The van der Waals surface area contributed by atoms with Crippen molar-refractivity contribution < 1.29 is 4.79 Å². The maximum absolute atomic E-state index is 12.9. The van der Waals surface area contributed by atoms with E-state index in [4.69, 9.17) is 0 Å². The van der Waals surface area contributed by atoms with E-state index >= 15 is 0 Å². The molecule has 2 aromatic rings. The van der Waals surface area contributed by atoms with Crippen LogP contribution in [0, 0.1) is 6.92 Å². The first-order valence-electron chi connectivity index (χ1n) is 8.54. The highest BCUT2D eigenvalue weighted by Crippen LogP contribution is 2.31. The second kappa shape index (κ2) is 6.16. The molecule has 1 fully saturated rings. The normalized spacial score (nSPS) is 18.0. The summed E-state index contributed by atoms with van der Waals surface area (Å²) in [4.78, 5) is 14.8. The van der Waals surface area contributed by atoms with E-state index in [1.165, 1.54) is 18.0 Å². The Labute approximate surface area is 145 Å². The number of hydrogen-bond acceptors (Lipinski definition) is 6. The first kappa shape index (κ1) is 15.6. The quantitative estimate of drug-likeness (QED) is 0.920. The summed E-state index contributed by atoms with van der Waals surface area (Å²) in [6.45, 7) is 4.48. The van der Waals surface area contributed by atoms with Gasteiger partial charge in [0, 0.05) is 39.0 Å². The maximum Gasteiger partial charge on any atom is 0.258 e. The van der Waals surface area contributed by atoms with Gasteiger partial charge in [-0.2, -0.15) is 4.37 Å². The summed E-state index contributed by atoms with van der Waals surface area (Å²) in [6, 6.07) is 0. The van der Waals surface area contributed by atoms with E-state index in [1.54, 1.807) is 0 Å². The highest BCUT2D eigenvalue weighted by molar-refractivity contribution is 7.10. The summed E-state index contributed by atoms with van der Waals surface area (Å²) >= 11 is 1.35. The topological polar surface area (TPSA) is 75.9 Å². The fourth-order valence-corrected chi connectivity index (χ4v) is 4.50. The molecule has 2 aliphatic heterocycles. The number of carbonyl (C=O) groups excluding carboxylic acids is 1. The fraction of sp³-hybridized carbons (Fsp3) is 0.625. The average Bonchev–Trinajstić information content (AvgIpc) is 3.29. The van der Waals surface area contributed by atoms with Crippen LogP contribution in [0.25, 0.3) is 0 Å². The number of amides is 1. The molecule has 0 saturated carbocycles. The number of anilines is 1. The van der Waals surface area contributed by atoms with Crippen molar-refractivity contribution in [2.75, 3.05) is 25.5 Å². The zero-order chi connectivity index (χ0) is 16.7. The number of aryl methyl sites for hydroxylation is 2. The van der Waals surface area contributed by atoms with Crippen molar-refractivity contribution in [2.45, 2.75) is 45.1 Å². The number of nitrogens with zero attached hydrogens (tertiary/aromatic N) is 5. The lowest BCUT2D eigenvalue weighted by atomic mass is 9.95. The minimum absolute atomic E-state index is 0.0931. The Hall–Kier alpha value is -1.96. The average molecular weight is 346 g/mol. The molecule has 2 aliphatic rings. The molecular formula is C16H22N6OS. The first-order valence-corrected chi connectivity index (χ1v) is 9.31. The summed E-state index contributed by atoms with van der Waals surface area (Å²) < 4.78 is 6.59. The van der Waals surface area contributed by atoms with Gasteiger partial charge in [-0.3, -0.25) is 4.79 Å². The molecule has 0 bridgehead atoms. The zero-order valence-electron chi connectivity index (χ0n) is 14.1. The minimum Gasteiger partial charge on any atom is -0.378 e. The Bertz CT molecular complexity index is 759. The van der Waals surface area contributed by atoms with E-state index in [0.717, 1.165) is 66.8 Å². The van der Waals surface area contributed by atoms with E-state index in [9.17, 15) is 4.79 Å². The standard InChI is InChI=1S/C16H22N6OS/c1-10-13(15(17-2)24-20-10)16(23)21-8-5-11(6-9-21)14-19-18-12-4-3-7-22(12)14/h11,17H,3-9H2,1-2H3. The van der Waals surface area contributed by atoms with Crippen LogP contribution in [-0.2, 0) is 13.0 Å². The van der Waals surface area contributed by atoms with Gasteiger partial charge in [-0.25, -0.2) is 0 Å². The molecule has 1 saturated heterocycles. The van der Waals surface area contributed by atoms with Gasteiger partial charge in [0.2, 0.25) is 0 Å². The summed E-state index contributed by atoms with van der Waals surface area (Å²) in [5.74, 6) is 2.76. The van der Waals surface area contributed by atoms with Crippen molar-refractivity contribution in [1.29, 1.82) is 0 Å². The summed E-state index contributed by atoms with van der Waals surface area (Å²) in [6.07, 6.45) is 4.12. The molecule has 1 amide bonds. The lowest BCUT2D eigenvalue weighted by Gasteiger charge is -2.31. The Morgan fingerprint density at radius 3 is 2.79 bits per heavy atom. The molecule has 0 aromatic carbocycles. The van der Waals surface area contributed by atoms with Crippen molar-refractivity contribution in [1.82, 2.24) is 24.0 Å². The lowest BCUT2D eigenvalue weighted by Crippen LogP contribution is -2.38. The Morgan fingerprint density at radius 2 is 2.04 bits per heavy atom. The number of fused-ring (bicyclic) bond motifs is 1. The number of hydrogen-bond donors (Lipinski definition) is 1. The van der Waals surface area contributed by atoms with Crippen LogP contribution in [0.3, 0.4) is 0 Å². The molecule has 0 atom stereocenters. The van der Waals surface area contributed by atoms with Crippen LogP contribution >= 0.6 is 11.5 Å². The van der Waals surface area contributed by atoms with Gasteiger partial charge >= 0.3 is 0 Å². The monoisotopic (exact) mass is 346 g/mol. The molecule has 128 valence electrons. The van der Waals surface area contributed by atoms with E-state index in [2.05, 4.69) is 24.5 Å². The zero-order valence-corrected chi connectivity index (χ0v) is 14.9. The van der Waals surface area contributed by atoms with Crippen molar-refractivity contribution in [3.63, 3.8) is 0 Å². The number of likely N-dealkylation sites (tertiary alicyclic amines) is 1. The number of carbonyl (C=O) groups is 1. The molecule has 0 unspecified atom stereocenters. The van der Waals surface area contributed by atoms with E-state index < -0.39 is 0 Å². The SMILES string of the molecule is CNc1snc(C)c1C(=O)N1CCC(c2nnc3n2CCC3)CC1. The Kier molecular flexibility index (Phi) is 3.99.